The maximum atomic E-state index is 5.03. The summed E-state index contributed by atoms with van der Waals surface area (Å²) in [5.41, 5.74) is 11.3. The predicted octanol–water partition coefficient (Wildman–Crippen LogP) is 9.67. The molecule has 0 unspecified atom stereocenters. The van der Waals surface area contributed by atoms with Crippen molar-refractivity contribution < 1.29 is 0 Å². The van der Waals surface area contributed by atoms with Gasteiger partial charge in [0.2, 0.25) is 0 Å². The van der Waals surface area contributed by atoms with Gasteiger partial charge >= 0.3 is 0 Å². The van der Waals surface area contributed by atoms with E-state index in [0.29, 0.717) is 0 Å². The van der Waals surface area contributed by atoms with Crippen LogP contribution in [0.4, 0.5) is 0 Å². The van der Waals surface area contributed by atoms with Gasteiger partial charge in [-0.2, -0.15) is 0 Å². The van der Waals surface area contributed by atoms with Gasteiger partial charge in [-0.25, -0.2) is 4.98 Å². The zero-order valence-corrected chi connectivity index (χ0v) is 24.0. The highest BCUT2D eigenvalue weighted by molar-refractivity contribution is 7.13. The molecule has 0 saturated carbocycles. The Morgan fingerprint density at radius 3 is 2.07 bits per heavy atom. The van der Waals surface area contributed by atoms with Gasteiger partial charge in [-0.05, 0) is 64.2 Å². The lowest BCUT2D eigenvalue weighted by molar-refractivity contribution is 0.734. The van der Waals surface area contributed by atoms with E-state index in [-0.39, 0.29) is 0 Å². The van der Waals surface area contributed by atoms with Gasteiger partial charge in [-0.1, -0.05) is 97.1 Å². The average molecular weight is 568 g/mol. The summed E-state index contributed by atoms with van der Waals surface area (Å²) in [4.78, 5) is 9.63. The average Bonchev–Trinajstić information content (AvgIpc) is 3.80. The first-order chi connectivity index (χ1) is 21.3. The summed E-state index contributed by atoms with van der Waals surface area (Å²) >= 11 is 1.67. The molecule has 3 nitrogen and oxygen atoms in total. The minimum atomic E-state index is -0.546. The second-order valence-corrected chi connectivity index (χ2v) is 11.9. The molecule has 4 heteroatoms. The van der Waals surface area contributed by atoms with E-state index in [9.17, 15) is 0 Å². The van der Waals surface area contributed by atoms with E-state index in [2.05, 4.69) is 137 Å². The largest absolute Gasteiger partial charge is 0.309 e. The molecule has 1 aliphatic rings. The highest BCUT2D eigenvalue weighted by Crippen LogP contribution is 2.55. The van der Waals surface area contributed by atoms with Crippen LogP contribution in [0.25, 0.3) is 49.2 Å². The first-order valence-electron chi connectivity index (χ1n) is 14.5. The summed E-state index contributed by atoms with van der Waals surface area (Å²) in [5.74, 6) is 0. The fraction of sp³-hybridized carbons (Fsp3) is 0.0256. The molecule has 9 rings (SSSR count). The SMILES string of the molecule is c1ccc(C2(c3cccc(-n4c5ccccc5c5ccc(-c6nccs6)cc54)c3)c3ccccc3-c3ccccc32)nc1. The maximum Gasteiger partial charge on any atom is 0.123 e. The number of hydrogen-bond donors (Lipinski definition) is 0. The van der Waals surface area contributed by atoms with Crippen LogP contribution in [0.5, 0.6) is 0 Å². The highest BCUT2D eigenvalue weighted by atomic mass is 32.1. The van der Waals surface area contributed by atoms with Crippen LogP contribution in [0.3, 0.4) is 0 Å². The third-order valence-corrected chi connectivity index (χ3v) is 9.71. The number of hydrogen-bond acceptors (Lipinski definition) is 3. The molecule has 0 radical (unpaired) electrons. The Hall–Kier alpha value is -5.32. The van der Waals surface area contributed by atoms with E-state index >= 15 is 0 Å². The van der Waals surface area contributed by atoms with Crippen molar-refractivity contribution in [3.8, 4) is 27.4 Å². The van der Waals surface area contributed by atoms with Gasteiger partial charge in [0.05, 0.1) is 22.1 Å². The minimum Gasteiger partial charge on any atom is -0.309 e. The standard InChI is InChI=1S/C39H25N3S/c1-4-15-33-29(12-1)30-13-2-5-16-34(30)39(33,37-18-7-8-21-40-37)27-10-9-11-28(25-27)42-35-17-6-3-14-31(35)32-20-19-26(24-36(32)42)38-41-22-23-43-38/h1-25H. The summed E-state index contributed by atoms with van der Waals surface area (Å²) in [5, 5.41) is 5.54. The predicted molar refractivity (Wildman–Crippen MR) is 177 cm³/mol. The van der Waals surface area contributed by atoms with Gasteiger partial charge in [0.25, 0.3) is 0 Å². The molecule has 0 bridgehead atoms. The number of benzene rings is 5. The number of para-hydroxylation sites is 1. The van der Waals surface area contributed by atoms with Crippen molar-refractivity contribution in [3.63, 3.8) is 0 Å². The Kier molecular flexibility index (Phi) is 5.28. The molecule has 0 N–H and O–H groups in total. The molecule has 0 atom stereocenters. The summed E-state index contributed by atoms with van der Waals surface area (Å²) in [6, 6.07) is 48.4. The topological polar surface area (TPSA) is 30.7 Å². The van der Waals surface area contributed by atoms with Gasteiger partial charge in [0, 0.05) is 39.8 Å². The Bertz CT molecular complexity index is 2250. The van der Waals surface area contributed by atoms with E-state index in [0.717, 1.165) is 22.0 Å². The van der Waals surface area contributed by atoms with Crippen LogP contribution in [0.1, 0.15) is 22.4 Å². The zero-order chi connectivity index (χ0) is 28.4. The highest BCUT2D eigenvalue weighted by Gasteiger charge is 2.47. The minimum absolute atomic E-state index is 0.546. The molecule has 3 aromatic heterocycles. The summed E-state index contributed by atoms with van der Waals surface area (Å²) in [6.07, 6.45) is 3.79. The Morgan fingerprint density at radius 1 is 0.558 bits per heavy atom. The van der Waals surface area contributed by atoms with Crippen LogP contribution in [0.15, 0.2) is 151 Å². The first-order valence-corrected chi connectivity index (χ1v) is 15.4. The van der Waals surface area contributed by atoms with Crippen molar-refractivity contribution in [2.75, 3.05) is 0 Å². The van der Waals surface area contributed by atoms with E-state index in [1.165, 1.54) is 49.6 Å². The molecule has 0 amide bonds. The van der Waals surface area contributed by atoms with E-state index < -0.39 is 5.41 Å². The van der Waals surface area contributed by atoms with Crippen LogP contribution < -0.4 is 0 Å². The summed E-state index contributed by atoms with van der Waals surface area (Å²) in [7, 11) is 0. The zero-order valence-electron chi connectivity index (χ0n) is 23.2. The molecule has 0 aliphatic heterocycles. The number of thiazole rings is 1. The molecule has 5 aromatic carbocycles. The normalized spacial score (nSPS) is 13.3. The van der Waals surface area contributed by atoms with Crippen molar-refractivity contribution in [1.82, 2.24) is 14.5 Å². The van der Waals surface area contributed by atoms with Gasteiger partial charge in [-0.3, -0.25) is 4.98 Å². The Morgan fingerprint density at radius 2 is 1.30 bits per heavy atom. The number of aromatic nitrogens is 3. The monoisotopic (exact) mass is 567 g/mol. The number of nitrogens with zero attached hydrogens (tertiary/aromatic N) is 3. The second kappa shape index (κ2) is 9.35. The molecule has 1 aliphatic carbocycles. The number of rotatable bonds is 4. The summed E-state index contributed by atoms with van der Waals surface area (Å²) < 4.78 is 2.41. The van der Waals surface area contributed by atoms with Crippen LogP contribution in [0.2, 0.25) is 0 Å². The van der Waals surface area contributed by atoms with Crippen LogP contribution in [-0.2, 0) is 5.41 Å². The van der Waals surface area contributed by atoms with Crippen molar-refractivity contribution in [1.29, 1.82) is 0 Å². The summed E-state index contributed by atoms with van der Waals surface area (Å²) in [6.45, 7) is 0. The molecule has 43 heavy (non-hydrogen) atoms. The third kappa shape index (κ3) is 3.41. The molecule has 202 valence electrons. The lowest BCUT2D eigenvalue weighted by atomic mass is 9.69. The van der Waals surface area contributed by atoms with Crippen LogP contribution in [0, 0.1) is 0 Å². The molecular formula is C39H25N3S. The number of fused-ring (bicyclic) bond motifs is 6. The second-order valence-electron chi connectivity index (χ2n) is 11.0. The molecule has 3 heterocycles. The number of pyridine rings is 1. The van der Waals surface area contributed by atoms with Crippen LogP contribution in [-0.4, -0.2) is 14.5 Å². The Balaban J connectivity index is 1.36. The van der Waals surface area contributed by atoms with Crippen molar-refractivity contribution >= 4 is 33.1 Å². The quantitative estimate of drug-likeness (QED) is 0.212. The fourth-order valence-corrected chi connectivity index (χ4v) is 7.82. The van der Waals surface area contributed by atoms with Gasteiger partial charge in [0.1, 0.15) is 5.01 Å². The lowest BCUT2D eigenvalue weighted by Crippen LogP contribution is -2.29. The molecule has 0 saturated heterocycles. The fourth-order valence-electron chi connectivity index (χ4n) is 7.18. The smallest absolute Gasteiger partial charge is 0.123 e. The molecule has 8 aromatic rings. The maximum absolute atomic E-state index is 5.03. The van der Waals surface area contributed by atoms with Gasteiger partial charge in [-0.15, -0.1) is 11.3 Å². The van der Waals surface area contributed by atoms with Crippen molar-refractivity contribution in [2.24, 2.45) is 0 Å². The van der Waals surface area contributed by atoms with Crippen molar-refractivity contribution in [3.05, 3.63) is 174 Å². The molecule has 0 fully saturated rings. The molecular weight excluding hydrogens is 543 g/mol. The van der Waals surface area contributed by atoms with Gasteiger partial charge < -0.3 is 4.57 Å². The van der Waals surface area contributed by atoms with Crippen LogP contribution >= 0.6 is 11.3 Å². The van der Waals surface area contributed by atoms with E-state index in [1.54, 1.807) is 11.3 Å². The Labute approximate surface area is 253 Å². The molecule has 0 spiro atoms. The van der Waals surface area contributed by atoms with Gasteiger partial charge in [0.15, 0.2) is 0 Å². The first kappa shape index (κ1) is 24.3. The van der Waals surface area contributed by atoms with E-state index in [1.807, 2.05) is 23.8 Å². The van der Waals surface area contributed by atoms with E-state index in [4.69, 9.17) is 4.98 Å². The lowest BCUT2D eigenvalue weighted by Gasteiger charge is -2.33. The van der Waals surface area contributed by atoms with Crippen molar-refractivity contribution in [2.45, 2.75) is 5.41 Å². The third-order valence-electron chi connectivity index (χ3n) is 8.89.